The third-order valence-corrected chi connectivity index (χ3v) is 4.04. The first kappa shape index (κ1) is 19.4. The van der Waals surface area contributed by atoms with Crippen LogP contribution in [0, 0.1) is 0 Å². The second-order valence-electron chi connectivity index (χ2n) is 6.01. The van der Waals surface area contributed by atoms with E-state index in [0.29, 0.717) is 0 Å². The number of hydrogen-bond donors (Lipinski definition) is 3. The summed E-state index contributed by atoms with van der Waals surface area (Å²) in [7, 11) is 0. The Balaban J connectivity index is 0.000000531. The monoisotopic (exact) mass is 419 g/mol. The minimum atomic E-state index is -0.250. The molecule has 2 aliphatic heterocycles. The third-order valence-electron chi connectivity index (χ3n) is 4.04. The number of fused-ring (bicyclic) bond motifs is 8. The van der Waals surface area contributed by atoms with Crippen LogP contribution in [0.4, 0.5) is 0 Å². The molecule has 143 valence electrons. The van der Waals surface area contributed by atoms with Gasteiger partial charge >= 0.3 is 0 Å². The van der Waals surface area contributed by atoms with Gasteiger partial charge in [0.05, 0.1) is 22.8 Å². The van der Waals surface area contributed by atoms with Gasteiger partial charge in [0.2, 0.25) is 0 Å². The van der Waals surface area contributed by atoms with Gasteiger partial charge in [-0.05, 0) is 72.8 Å². The quantitative estimate of drug-likeness (QED) is 0.257. The molecule has 0 spiro atoms. The molecule has 0 unspecified atom stereocenters. The summed E-state index contributed by atoms with van der Waals surface area (Å²) in [6.45, 7) is -0.250. The molecule has 28 heavy (non-hydrogen) atoms. The van der Waals surface area contributed by atoms with Gasteiger partial charge in [0.15, 0.2) is 0 Å². The van der Waals surface area contributed by atoms with Gasteiger partial charge in [-0.1, -0.05) is 0 Å². The van der Waals surface area contributed by atoms with E-state index in [9.17, 15) is 0 Å². The van der Waals surface area contributed by atoms with E-state index in [1.54, 1.807) is 0 Å². The zero-order valence-corrected chi connectivity index (χ0v) is 15.5. The Bertz CT molecular complexity index is 1050. The van der Waals surface area contributed by atoms with Gasteiger partial charge in [-0.25, -0.2) is 9.97 Å². The molecular formula is C21H16CuN4O2. The van der Waals surface area contributed by atoms with E-state index in [4.69, 9.17) is 9.90 Å². The predicted octanol–water partition coefficient (Wildman–Crippen LogP) is 4.35. The molecule has 0 saturated carbocycles. The number of nitrogens with zero attached hydrogens (tertiary/aromatic N) is 2. The zero-order valence-electron chi connectivity index (χ0n) is 14.6. The van der Waals surface area contributed by atoms with Crippen molar-refractivity contribution in [3.8, 4) is 0 Å². The first-order valence-electron chi connectivity index (χ1n) is 8.34. The Hall–Kier alpha value is -3.41. The summed E-state index contributed by atoms with van der Waals surface area (Å²) in [5.41, 5.74) is 7.86. The number of aromatic nitrogens is 4. The molecule has 0 atom stereocenters. The smallest absolute Gasteiger partial charge is 0.290 e. The molecule has 5 heterocycles. The minimum absolute atomic E-state index is 0. The van der Waals surface area contributed by atoms with Gasteiger partial charge in [-0.2, -0.15) is 0 Å². The van der Waals surface area contributed by atoms with Crippen molar-refractivity contribution in [1.29, 1.82) is 0 Å². The van der Waals surface area contributed by atoms with Crippen LogP contribution in [0.15, 0.2) is 48.5 Å². The fourth-order valence-corrected chi connectivity index (χ4v) is 2.94. The Kier molecular flexibility index (Phi) is 5.89. The van der Waals surface area contributed by atoms with Gasteiger partial charge in [0, 0.05) is 39.1 Å². The first-order chi connectivity index (χ1) is 13.2. The van der Waals surface area contributed by atoms with Crippen molar-refractivity contribution >= 4 is 52.8 Å². The fourth-order valence-electron chi connectivity index (χ4n) is 2.94. The summed E-state index contributed by atoms with van der Waals surface area (Å²) in [6.07, 6.45) is 8.09. The summed E-state index contributed by atoms with van der Waals surface area (Å²) in [5.74, 6) is 0. The second-order valence-corrected chi connectivity index (χ2v) is 6.01. The van der Waals surface area contributed by atoms with Gasteiger partial charge in [0.1, 0.15) is 0 Å². The van der Waals surface area contributed by atoms with Crippen molar-refractivity contribution in [2.45, 2.75) is 0 Å². The van der Waals surface area contributed by atoms with Crippen LogP contribution in [-0.2, 0) is 21.9 Å². The van der Waals surface area contributed by atoms with E-state index in [2.05, 4.69) is 44.2 Å². The van der Waals surface area contributed by atoms with Gasteiger partial charge < -0.3 is 15.1 Å². The zero-order chi connectivity index (χ0) is 18.6. The van der Waals surface area contributed by atoms with Crippen LogP contribution in [0.2, 0.25) is 0 Å². The molecule has 6 nitrogen and oxygen atoms in total. The normalized spacial score (nSPS) is 11.3. The number of H-pyrrole nitrogens is 2. The van der Waals surface area contributed by atoms with Gasteiger partial charge in [-0.3, -0.25) is 4.79 Å². The maximum Gasteiger partial charge on any atom is 0.290 e. The first-order valence-corrected chi connectivity index (χ1v) is 8.34. The van der Waals surface area contributed by atoms with E-state index in [-0.39, 0.29) is 23.5 Å². The number of carboxylic acid groups (broad SMARTS) is 1. The van der Waals surface area contributed by atoms with Crippen LogP contribution in [0.5, 0.6) is 0 Å². The summed E-state index contributed by atoms with van der Waals surface area (Å²) in [6, 6.07) is 16.4. The topological polar surface area (TPSA) is 94.7 Å². The summed E-state index contributed by atoms with van der Waals surface area (Å²) in [5, 5.41) is 6.89. The van der Waals surface area contributed by atoms with Crippen molar-refractivity contribution < 1.29 is 27.0 Å². The van der Waals surface area contributed by atoms with Crippen LogP contribution in [0.25, 0.3) is 46.4 Å². The van der Waals surface area contributed by atoms with Crippen LogP contribution in [0.3, 0.4) is 0 Å². The molecule has 0 aromatic carbocycles. The molecule has 2 aliphatic rings. The van der Waals surface area contributed by atoms with Crippen LogP contribution < -0.4 is 0 Å². The minimum Gasteiger partial charge on any atom is -0.483 e. The van der Waals surface area contributed by atoms with E-state index >= 15 is 0 Å². The van der Waals surface area contributed by atoms with Crippen molar-refractivity contribution in [1.82, 2.24) is 19.9 Å². The number of carbonyl (C=O) groups is 1. The fraction of sp³-hybridized carbons (Fsp3) is 0. The average molecular weight is 420 g/mol. The Morgan fingerprint density at radius 2 is 0.893 bits per heavy atom. The van der Waals surface area contributed by atoms with E-state index in [1.165, 1.54) is 0 Å². The molecular weight excluding hydrogens is 404 g/mol. The maximum absolute atomic E-state index is 8.36. The molecule has 7 heteroatoms. The summed E-state index contributed by atoms with van der Waals surface area (Å²) < 4.78 is 0. The predicted molar refractivity (Wildman–Crippen MR) is 108 cm³/mol. The van der Waals surface area contributed by atoms with Crippen molar-refractivity contribution in [2.75, 3.05) is 0 Å². The number of hydrogen-bond acceptors (Lipinski definition) is 3. The molecule has 5 rings (SSSR count). The average Bonchev–Trinajstić information content (AvgIpc) is 3.41. The van der Waals surface area contributed by atoms with E-state index in [1.807, 2.05) is 48.6 Å². The van der Waals surface area contributed by atoms with Gasteiger partial charge in [-0.15, -0.1) is 0 Å². The Morgan fingerprint density at radius 1 is 0.643 bits per heavy atom. The van der Waals surface area contributed by atoms with E-state index < -0.39 is 0 Å². The van der Waals surface area contributed by atoms with Crippen molar-refractivity contribution in [3.05, 3.63) is 71.3 Å². The molecule has 1 radical (unpaired) electrons. The van der Waals surface area contributed by atoms with Gasteiger partial charge in [0.25, 0.3) is 6.47 Å². The molecule has 3 aromatic heterocycles. The van der Waals surface area contributed by atoms with Crippen molar-refractivity contribution in [3.63, 3.8) is 0 Å². The van der Waals surface area contributed by atoms with Crippen molar-refractivity contribution in [2.24, 2.45) is 0 Å². The number of nitrogens with one attached hydrogen (secondary N) is 2. The third kappa shape index (κ3) is 4.46. The Labute approximate surface area is 171 Å². The Morgan fingerprint density at radius 3 is 1.14 bits per heavy atom. The maximum atomic E-state index is 8.36. The number of aromatic amines is 2. The molecule has 0 saturated heterocycles. The summed E-state index contributed by atoms with van der Waals surface area (Å²) in [4.78, 5) is 24.4. The molecule has 3 aromatic rings. The van der Waals surface area contributed by atoms with E-state index in [0.717, 1.165) is 44.8 Å². The molecule has 0 aliphatic carbocycles. The summed E-state index contributed by atoms with van der Waals surface area (Å²) >= 11 is 0. The molecule has 8 bridgehead atoms. The SMILES string of the molecule is C1=Cc2cc3ccc(cc4nc(cc5ccc(cc1n2)[nH]5)C=C4)[nH]3.O=CO.[Cu]. The molecule has 0 amide bonds. The van der Waals surface area contributed by atoms with Crippen LogP contribution >= 0.6 is 0 Å². The largest absolute Gasteiger partial charge is 0.483 e. The van der Waals surface area contributed by atoms with Crippen LogP contribution in [-0.4, -0.2) is 31.5 Å². The standard InChI is InChI=1S/C20H14N4.CH2O2.Cu/c1-2-14-10-16-5-6-18(23-16)12-20-8-7-19(24-20)11-17-4-3-15(22-17)9-13(1)21-14;2-1-3;/h1-12,21,24H;1H,(H,2,3);. The second kappa shape index (κ2) is 8.52. The molecule has 3 N–H and O–H groups in total. The number of rotatable bonds is 0. The van der Waals surface area contributed by atoms with Crippen LogP contribution in [0.1, 0.15) is 22.8 Å². The molecule has 0 fully saturated rings.